The van der Waals surface area contributed by atoms with Crippen molar-refractivity contribution < 1.29 is 9.53 Å². The first kappa shape index (κ1) is 11.8. The van der Waals surface area contributed by atoms with E-state index in [1.54, 1.807) is 12.3 Å². The SMILES string of the molecule is COC(=O)c1cncc(-c2ccccc2Br)c1. The van der Waals surface area contributed by atoms with Crippen LogP contribution >= 0.6 is 15.9 Å². The molecule has 0 amide bonds. The standard InChI is InChI=1S/C13H10BrNO2/c1-17-13(16)10-6-9(7-15-8-10)11-4-2-3-5-12(11)14/h2-8H,1H3. The lowest BCUT2D eigenvalue weighted by atomic mass is 10.1. The van der Waals surface area contributed by atoms with Gasteiger partial charge < -0.3 is 4.74 Å². The zero-order valence-electron chi connectivity index (χ0n) is 9.18. The van der Waals surface area contributed by atoms with Crippen molar-refractivity contribution in [2.45, 2.75) is 0 Å². The summed E-state index contributed by atoms with van der Waals surface area (Å²) in [4.78, 5) is 15.5. The van der Waals surface area contributed by atoms with Crippen molar-refractivity contribution in [2.24, 2.45) is 0 Å². The van der Waals surface area contributed by atoms with Crippen molar-refractivity contribution in [3.63, 3.8) is 0 Å². The number of nitrogens with zero attached hydrogens (tertiary/aromatic N) is 1. The van der Waals surface area contributed by atoms with Crippen LogP contribution in [0.2, 0.25) is 0 Å². The smallest absolute Gasteiger partial charge is 0.339 e. The van der Waals surface area contributed by atoms with Crippen LogP contribution in [0.5, 0.6) is 0 Å². The van der Waals surface area contributed by atoms with Gasteiger partial charge in [0.25, 0.3) is 0 Å². The summed E-state index contributed by atoms with van der Waals surface area (Å²) in [5.41, 5.74) is 2.31. The average Bonchev–Trinajstić information content (AvgIpc) is 2.38. The van der Waals surface area contributed by atoms with Gasteiger partial charge in [0.2, 0.25) is 0 Å². The van der Waals surface area contributed by atoms with Gasteiger partial charge in [0.15, 0.2) is 0 Å². The van der Waals surface area contributed by atoms with Crippen LogP contribution in [0.15, 0.2) is 47.2 Å². The molecule has 0 bridgehead atoms. The maximum absolute atomic E-state index is 11.4. The minimum absolute atomic E-state index is 0.383. The molecule has 0 saturated carbocycles. The number of methoxy groups -OCH3 is 1. The number of halogens is 1. The summed E-state index contributed by atoms with van der Waals surface area (Å²) in [6.45, 7) is 0. The van der Waals surface area contributed by atoms with Gasteiger partial charge in [-0.25, -0.2) is 4.79 Å². The number of benzene rings is 1. The fourth-order valence-electron chi connectivity index (χ4n) is 1.51. The molecule has 0 aliphatic carbocycles. The Morgan fingerprint density at radius 1 is 1.29 bits per heavy atom. The Hall–Kier alpha value is -1.68. The van der Waals surface area contributed by atoms with Gasteiger partial charge in [0, 0.05) is 22.4 Å². The van der Waals surface area contributed by atoms with Gasteiger partial charge in [-0.05, 0) is 17.7 Å². The molecule has 2 aromatic rings. The van der Waals surface area contributed by atoms with E-state index >= 15 is 0 Å². The van der Waals surface area contributed by atoms with E-state index in [-0.39, 0.29) is 5.97 Å². The number of ether oxygens (including phenoxy) is 1. The third-order valence-electron chi connectivity index (χ3n) is 2.34. The number of carbonyl (C=O) groups excluding carboxylic acids is 1. The van der Waals surface area contributed by atoms with Crippen molar-refractivity contribution >= 4 is 21.9 Å². The number of rotatable bonds is 2. The lowest BCUT2D eigenvalue weighted by Gasteiger charge is -2.05. The third kappa shape index (κ3) is 2.53. The zero-order chi connectivity index (χ0) is 12.3. The highest BCUT2D eigenvalue weighted by atomic mass is 79.9. The van der Waals surface area contributed by atoms with Crippen LogP contribution in [0.4, 0.5) is 0 Å². The van der Waals surface area contributed by atoms with Crippen LogP contribution in [0, 0.1) is 0 Å². The summed E-state index contributed by atoms with van der Waals surface area (Å²) in [6, 6.07) is 9.54. The van der Waals surface area contributed by atoms with Crippen LogP contribution in [0.25, 0.3) is 11.1 Å². The molecule has 2 rings (SSSR count). The molecule has 0 saturated heterocycles. The van der Waals surface area contributed by atoms with Crippen molar-refractivity contribution in [1.29, 1.82) is 0 Å². The first-order valence-electron chi connectivity index (χ1n) is 5.00. The monoisotopic (exact) mass is 291 g/mol. The van der Waals surface area contributed by atoms with Crippen LogP contribution < -0.4 is 0 Å². The lowest BCUT2D eigenvalue weighted by Crippen LogP contribution is -2.01. The Labute approximate surface area is 108 Å². The maximum Gasteiger partial charge on any atom is 0.339 e. The molecule has 1 aromatic heterocycles. The molecule has 0 unspecified atom stereocenters. The van der Waals surface area contributed by atoms with Crippen molar-refractivity contribution in [2.75, 3.05) is 7.11 Å². The van der Waals surface area contributed by atoms with Crippen LogP contribution in [0.3, 0.4) is 0 Å². The van der Waals surface area contributed by atoms with Gasteiger partial charge in [-0.1, -0.05) is 34.1 Å². The number of carbonyl (C=O) groups is 1. The Morgan fingerprint density at radius 2 is 2.06 bits per heavy atom. The van der Waals surface area contributed by atoms with E-state index in [2.05, 4.69) is 25.7 Å². The zero-order valence-corrected chi connectivity index (χ0v) is 10.8. The molecule has 86 valence electrons. The number of pyridine rings is 1. The van der Waals surface area contributed by atoms with E-state index in [9.17, 15) is 4.79 Å². The molecule has 0 aliphatic rings. The summed E-state index contributed by atoms with van der Waals surface area (Å²) in [7, 11) is 1.35. The fourth-order valence-corrected chi connectivity index (χ4v) is 2.03. The Kier molecular flexibility index (Phi) is 3.54. The molecule has 0 atom stereocenters. The van der Waals surface area contributed by atoms with Gasteiger partial charge in [-0.2, -0.15) is 0 Å². The molecule has 17 heavy (non-hydrogen) atoms. The quantitative estimate of drug-likeness (QED) is 0.797. The highest BCUT2D eigenvalue weighted by molar-refractivity contribution is 9.10. The number of esters is 1. The minimum atomic E-state index is -0.383. The van der Waals surface area contributed by atoms with E-state index in [1.807, 2.05) is 24.3 Å². The molecule has 0 spiro atoms. The van der Waals surface area contributed by atoms with E-state index < -0.39 is 0 Å². The highest BCUT2D eigenvalue weighted by Crippen LogP contribution is 2.27. The first-order valence-corrected chi connectivity index (χ1v) is 5.80. The van der Waals surface area contributed by atoms with Gasteiger partial charge in [0.1, 0.15) is 0 Å². The number of hydrogen-bond acceptors (Lipinski definition) is 3. The van der Waals surface area contributed by atoms with Crippen molar-refractivity contribution in [3.05, 3.63) is 52.8 Å². The van der Waals surface area contributed by atoms with E-state index in [0.717, 1.165) is 15.6 Å². The topological polar surface area (TPSA) is 39.2 Å². The lowest BCUT2D eigenvalue weighted by molar-refractivity contribution is 0.0600. The predicted molar refractivity (Wildman–Crippen MR) is 68.7 cm³/mol. The van der Waals surface area contributed by atoms with Crippen LogP contribution in [0.1, 0.15) is 10.4 Å². The molecule has 1 aromatic carbocycles. The molecule has 4 heteroatoms. The Bertz CT molecular complexity index is 555. The van der Waals surface area contributed by atoms with Gasteiger partial charge in [-0.3, -0.25) is 4.98 Å². The molecule has 0 N–H and O–H groups in total. The summed E-state index contributed by atoms with van der Waals surface area (Å²) >= 11 is 3.47. The Morgan fingerprint density at radius 3 is 2.76 bits per heavy atom. The summed E-state index contributed by atoms with van der Waals surface area (Å²) in [5.74, 6) is -0.383. The molecule has 3 nitrogen and oxygen atoms in total. The fraction of sp³-hybridized carbons (Fsp3) is 0.0769. The van der Waals surface area contributed by atoms with Crippen molar-refractivity contribution in [3.8, 4) is 11.1 Å². The largest absolute Gasteiger partial charge is 0.465 e. The normalized spacial score (nSPS) is 10.0. The predicted octanol–water partition coefficient (Wildman–Crippen LogP) is 3.30. The van der Waals surface area contributed by atoms with E-state index in [1.165, 1.54) is 13.3 Å². The molecule has 0 fully saturated rings. The summed E-state index contributed by atoms with van der Waals surface area (Å²) < 4.78 is 5.63. The maximum atomic E-state index is 11.4. The van der Waals surface area contributed by atoms with E-state index in [0.29, 0.717) is 5.56 Å². The van der Waals surface area contributed by atoms with Gasteiger partial charge in [0.05, 0.1) is 12.7 Å². The first-order chi connectivity index (χ1) is 8.22. The molecule has 1 heterocycles. The van der Waals surface area contributed by atoms with Crippen LogP contribution in [-0.4, -0.2) is 18.1 Å². The second kappa shape index (κ2) is 5.10. The van der Waals surface area contributed by atoms with Gasteiger partial charge >= 0.3 is 5.97 Å². The third-order valence-corrected chi connectivity index (χ3v) is 3.04. The number of hydrogen-bond donors (Lipinski definition) is 0. The molecule has 0 aliphatic heterocycles. The molecular weight excluding hydrogens is 282 g/mol. The highest BCUT2D eigenvalue weighted by Gasteiger charge is 2.08. The van der Waals surface area contributed by atoms with Crippen molar-refractivity contribution in [1.82, 2.24) is 4.98 Å². The van der Waals surface area contributed by atoms with E-state index in [4.69, 9.17) is 0 Å². The molecule has 0 radical (unpaired) electrons. The summed E-state index contributed by atoms with van der Waals surface area (Å²) in [5, 5.41) is 0. The number of aromatic nitrogens is 1. The minimum Gasteiger partial charge on any atom is -0.465 e. The Balaban J connectivity index is 2.47. The molecular formula is C13H10BrNO2. The summed E-state index contributed by atoms with van der Waals surface area (Å²) in [6.07, 6.45) is 3.21. The second-order valence-electron chi connectivity index (χ2n) is 3.43. The van der Waals surface area contributed by atoms with Gasteiger partial charge in [-0.15, -0.1) is 0 Å². The second-order valence-corrected chi connectivity index (χ2v) is 4.29. The van der Waals surface area contributed by atoms with Crippen LogP contribution in [-0.2, 0) is 4.74 Å². The average molecular weight is 292 g/mol.